The second-order valence-electron chi connectivity index (χ2n) is 7.93. The topological polar surface area (TPSA) is 38.5 Å². The SMILES string of the molecule is CCN(CC1CCC1)CC1(N)C2CCCOC2C1(C)C. The Balaban J connectivity index is 1.66. The van der Waals surface area contributed by atoms with Gasteiger partial charge >= 0.3 is 0 Å². The lowest BCUT2D eigenvalue weighted by Gasteiger charge is -2.67. The van der Waals surface area contributed by atoms with Crippen LogP contribution in [0.15, 0.2) is 0 Å². The Kier molecular flexibility index (Phi) is 3.89. The van der Waals surface area contributed by atoms with E-state index in [0.29, 0.717) is 12.0 Å². The number of nitrogens with zero attached hydrogens (tertiary/aromatic N) is 1. The highest BCUT2D eigenvalue weighted by Gasteiger charge is 2.66. The van der Waals surface area contributed by atoms with E-state index in [0.717, 1.165) is 25.6 Å². The van der Waals surface area contributed by atoms with E-state index in [9.17, 15) is 0 Å². The Morgan fingerprint density at radius 2 is 1.95 bits per heavy atom. The maximum atomic E-state index is 6.93. The molecule has 2 saturated carbocycles. The molecule has 0 aromatic carbocycles. The Labute approximate surface area is 124 Å². The Morgan fingerprint density at radius 3 is 2.55 bits per heavy atom. The monoisotopic (exact) mass is 280 g/mol. The van der Waals surface area contributed by atoms with E-state index in [1.807, 2.05) is 0 Å². The number of ether oxygens (including phenoxy) is 1. The van der Waals surface area contributed by atoms with Crippen molar-refractivity contribution in [3.63, 3.8) is 0 Å². The minimum absolute atomic E-state index is 0.0577. The highest BCUT2D eigenvalue weighted by molar-refractivity contribution is 5.20. The fraction of sp³-hybridized carbons (Fsp3) is 1.00. The van der Waals surface area contributed by atoms with E-state index in [4.69, 9.17) is 10.5 Å². The van der Waals surface area contributed by atoms with E-state index < -0.39 is 0 Å². The number of rotatable bonds is 5. The molecule has 0 spiro atoms. The van der Waals surface area contributed by atoms with Crippen molar-refractivity contribution in [1.29, 1.82) is 0 Å². The molecule has 1 saturated heterocycles. The highest BCUT2D eigenvalue weighted by atomic mass is 16.5. The van der Waals surface area contributed by atoms with Crippen molar-refractivity contribution in [1.82, 2.24) is 4.90 Å². The van der Waals surface area contributed by atoms with Gasteiger partial charge in [0.1, 0.15) is 0 Å². The van der Waals surface area contributed by atoms with Gasteiger partial charge in [-0.15, -0.1) is 0 Å². The predicted octanol–water partition coefficient (Wildman–Crippen LogP) is 2.64. The highest BCUT2D eigenvalue weighted by Crippen LogP contribution is 2.57. The van der Waals surface area contributed by atoms with Crippen LogP contribution in [0.1, 0.15) is 52.9 Å². The first-order chi connectivity index (χ1) is 9.49. The first-order valence-corrected chi connectivity index (χ1v) is 8.62. The van der Waals surface area contributed by atoms with E-state index in [2.05, 4.69) is 25.7 Å². The van der Waals surface area contributed by atoms with Gasteiger partial charge in [0.15, 0.2) is 0 Å². The number of likely N-dealkylation sites (N-methyl/N-ethyl adjacent to an activating group) is 1. The van der Waals surface area contributed by atoms with Crippen molar-refractivity contribution in [3.8, 4) is 0 Å². The number of hydrogen-bond acceptors (Lipinski definition) is 3. The molecule has 2 N–H and O–H groups in total. The number of fused-ring (bicyclic) bond motifs is 1. The normalized spacial score (nSPS) is 40.0. The zero-order chi connectivity index (χ0) is 14.4. The molecule has 0 amide bonds. The molecule has 3 atom stereocenters. The van der Waals surface area contributed by atoms with Gasteiger partial charge in [0.25, 0.3) is 0 Å². The van der Waals surface area contributed by atoms with Gasteiger partial charge in [-0.25, -0.2) is 0 Å². The van der Waals surface area contributed by atoms with Crippen molar-refractivity contribution < 1.29 is 4.74 Å². The van der Waals surface area contributed by atoms with Crippen LogP contribution in [0.2, 0.25) is 0 Å². The van der Waals surface area contributed by atoms with Crippen LogP contribution in [-0.2, 0) is 4.74 Å². The van der Waals surface area contributed by atoms with E-state index in [1.165, 1.54) is 38.6 Å². The van der Waals surface area contributed by atoms with Crippen LogP contribution in [-0.4, -0.2) is 42.8 Å². The second kappa shape index (κ2) is 5.26. The van der Waals surface area contributed by atoms with Crippen LogP contribution in [0, 0.1) is 17.3 Å². The molecule has 3 fully saturated rings. The average Bonchev–Trinajstić information content (AvgIpc) is 2.41. The summed E-state index contributed by atoms with van der Waals surface area (Å²) in [6.07, 6.45) is 7.11. The van der Waals surface area contributed by atoms with Crippen LogP contribution < -0.4 is 5.73 Å². The summed E-state index contributed by atoms with van der Waals surface area (Å²) in [5, 5.41) is 0. The summed E-state index contributed by atoms with van der Waals surface area (Å²) in [4.78, 5) is 2.61. The van der Waals surface area contributed by atoms with Crippen molar-refractivity contribution in [2.24, 2.45) is 23.0 Å². The Bertz CT molecular complexity index is 353. The van der Waals surface area contributed by atoms with Crippen LogP contribution in [0.3, 0.4) is 0 Å². The standard InChI is InChI=1S/C17H32N2O/c1-4-19(11-13-7-5-8-13)12-17(18)14-9-6-10-20-15(14)16(17,2)3/h13-15H,4-12,18H2,1-3H3. The summed E-state index contributed by atoms with van der Waals surface area (Å²) >= 11 is 0. The number of hydrogen-bond donors (Lipinski definition) is 1. The van der Waals surface area contributed by atoms with E-state index >= 15 is 0 Å². The first-order valence-electron chi connectivity index (χ1n) is 8.62. The molecule has 3 rings (SSSR count). The smallest absolute Gasteiger partial charge is 0.0690 e. The summed E-state index contributed by atoms with van der Waals surface area (Å²) in [6, 6.07) is 0. The van der Waals surface area contributed by atoms with Gasteiger partial charge in [0.2, 0.25) is 0 Å². The van der Waals surface area contributed by atoms with Crippen LogP contribution in [0.4, 0.5) is 0 Å². The quantitative estimate of drug-likeness (QED) is 0.841. The lowest BCUT2D eigenvalue weighted by molar-refractivity contribution is -0.232. The second-order valence-corrected chi connectivity index (χ2v) is 7.93. The lowest BCUT2D eigenvalue weighted by atomic mass is 9.46. The minimum atomic E-state index is -0.0577. The predicted molar refractivity (Wildman–Crippen MR) is 82.6 cm³/mol. The zero-order valence-electron chi connectivity index (χ0n) is 13.5. The summed E-state index contributed by atoms with van der Waals surface area (Å²) < 4.78 is 6.02. The minimum Gasteiger partial charge on any atom is -0.377 e. The summed E-state index contributed by atoms with van der Waals surface area (Å²) in [6.45, 7) is 11.3. The largest absolute Gasteiger partial charge is 0.377 e. The molecule has 0 aromatic rings. The Hall–Kier alpha value is -0.120. The maximum Gasteiger partial charge on any atom is 0.0690 e. The van der Waals surface area contributed by atoms with E-state index in [1.54, 1.807) is 0 Å². The van der Waals surface area contributed by atoms with Gasteiger partial charge in [0.05, 0.1) is 6.10 Å². The van der Waals surface area contributed by atoms with Gasteiger partial charge in [-0.1, -0.05) is 27.2 Å². The van der Waals surface area contributed by atoms with Gasteiger partial charge in [0, 0.05) is 36.6 Å². The molecule has 3 nitrogen and oxygen atoms in total. The third-order valence-corrected chi connectivity index (χ3v) is 6.57. The maximum absolute atomic E-state index is 6.93. The summed E-state index contributed by atoms with van der Waals surface area (Å²) in [5.74, 6) is 1.50. The van der Waals surface area contributed by atoms with Gasteiger partial charge in [-0.2, -0.15) is 0 Å². The fourth-order valence-electron chi connectivity index (χ4n) is 4.70. The van der Waals surface area contributed by atoms with Crippen molar-refractivity contribution in [2.45, 2.75) is 64.5 Å². The molecule has 1 aliphatic heterocycles. The van der Waals surface area contributed by atoms with Gasteiger partial charge < -0.3 is 15.4 Å². The first kappa shape index (κ1) is 14.8. The summed E-state index contributed by atoms with van der Waals surface area (Å²) in [5.41, 5.74) is 6.98. The van der Waals surface area contributed by atoms with Gasteiger partial charge in [-0.3, -0.25) is 0 Å². The Morgan fingerprint density at radius 1 is 1.20 bits per heavy atom. The van der Waals surface area contributed by atoms with Crippen LogP contribution in [0.25, 0.3) is 0 Å². The summed E-state index contributed by atoms with van der Waals surface area (Å²) in [7, 11) is 0. The molecule has 1 heterocycles. The molecule has 20 heavy (non-hydrogen) atoms. The molecule has 3 unspecified atom stereocenters. The van der Waals surface area contributed by atoms with Crippen LogP contribution in [0.5, 0.6) is 0 Å². The molecule has 0 radical (unpaired) electrons. The molecule has 116 valence electrons. The molecular formula is C17H32N2O. The molecule has 3 aliphatic rings. The molecule has 0 aromatic heterocycles. The van der Waals surface area contributed by atoms with Crippen molar-refractivity contribution in [3.05, 3.63) is 0 Å². The number of nitrogens with two attached hydrogens (primary N) is 1. The van der Waals surface area contributed by atoms with E-state index in [-0.39, 0.29) is 11.0 Å². The molecular weight excluding hydrogens is 248 g/mol. The molecule has 2 aliphatic carbocycles. The fourth-order valence-corrected chi connectivity index (χ4v) is 4.70. The van der Waals surface area contributed by atoms with Crippen LogP contribution >= 0.6 is 0 Å². The zero-order valence-corrected chi connectivity index (χ0v) is 13.5. The van der Waals surface area contributed by atoms with Crippen molar-refractivity contribution >= 4 is 0 Å². The molecule has 3 heteroatoms. The average molecular weight is 280 g/mol. The lowest BCUT2D eigenvalue weighted by Crippen LogP contribution is -2.80. The van der Waals surface area contributed by atoms with Gasteiger partial charge in [-0.05, 0) is 38.1 Å². The third kappa shape index (κ3) is 2.13. The van der Waals surface area contributed by atoms with Crippen molar-refractivity contribution in [2.75, 3.05) is 26.2 Å². The molecule has 0 bridgehead atoms. The third-order valence-electron chi connectivity index (χ3n) is 6.57.